The Morgan fingerprint density at radius 2 is 1.92 bits per heavy atom. The molecule has 2 aromatic carbocycles. The molecule has 0 atom stereocenters. The molecule has 0 bridgehead atoms. The lowest BCUT2D eigenvalue weighted by Crippen LogP contribution is -2.07. The highest BCUT2D eigenvalue weighted by Gasteiger charge is 2.09. The molecular formula is C20H16Cl2N2OS. The zero-order valence-electron chi connectivity index (χ0n) is 14.2. The molecule has 3 nitrogen and oxygen atoms in total. The van der Waals surface area contributed by atoms with Crippen LogP contribution in [0.15, 0.2) is 47.9 Å². The summed E-state index contributed by atoms with van der Waals surface area (Å²) in [4.78, 5) is 16.6. The molecule has 26 heavy (non-hydrogen) atoms. The Balaban J connectivity index is 1.70. The number of benzene rings is 2. The first-order valence-corrected chi connectivity index (χ1v) is 9.53. The third-order valence-corrected chi connectivity index (χ3v) is 5.27. The summed E-state index contributed by atoms with van der Waals surface area (Å²) in [6, 6.07) is 11.4. The van der Waals surface area contributed by atoms with Gasteiger partial charge in [-0.05, 0) is 49.2 Å². The molecule has 132 valence electrons. The number of hydrogen-bond donors (Lipinski definition) is 1. The molecule has 1 heterocycles. The zero-order chi connectivity index (χ0) is 18.7. The molecule has 0 aliphatic heterocycles. The van der Waals surface area contributed by atoms with E-state index in [2.05, 4.69) is 28.5 Å². The van der Waals surface area contributed by atoms with E-state index in [1.807, 2.05) is 19.2 Å². The van der Waals surface area contributed by atoms with Gasteiger partial charge in [0.25, 0.3) is 0 Å². The van der Waals surface area contributed by atoms with Crippen LogP contribution in [0.1, 0.15) is 16.7 Å². The van der Waals surface area contributed by atoms with Crippen molar-refractivity contribution >= 4 is 51.7 Å². The van der Waals surface area contributed by atoms with Crippen molar-refractivity contribution in [2.45, 2.75) is 13.8 Å². The topological polar surface area (TPSA) is 42.0 Å². The zero-order valence-corrected chi connectivity index (χ0v) is 16.5. The molecule has 0 spiro atoms. The third kappa shape index (κ3) is 4.52. The van der Waals surface area contributed by atoms with E-state index in [-0.39, 0.29) is 5.91 Å². The number of nitrogens with zero attached hydrogens (tertiary/aromatic N) is 1. The molecule has 3 aromatic rings. The number of rotatable bonds is 4. The first kappa shape index (κ1) is 18.6. The van der Waals surface area contributed by atoms with Crippen LogP contribution in [-0.4, -0.2) is 10.9 Å². The third-order valence-electron chi connectivity index (χ3n) is 3.77. The fourth-order valence-corrected chi connectivity index (χ4v) is 3.42. The van der Waals surface area contributed by atoms with Gasteiger partial charge in [0.1, 0.15) is 0 Å². The molecule has 1 amide bonds. The monoisotopic (exact) mass is 402 g/mol. The molecule has 0 aliphatic rings. The average Bonchev–Trinajstić information content (AvgIpc) is 3.06. The lowest BCUT2D eigenvalue weighted by Gasteiger charge is -2.03. The van der Waals surface area contributed by atoms with Gasteiger partial charge in [0.2, 0.25) is 5.91 Å². The number of aromatic nitrogens is 1. The van der Waals surface area contributed by atoms with Gasteiger partial charge in [-0.1, -0.05) is 47.0 Å². The predicted molar refractivity (Wildman–Crippen MR) is 111 cm³/mol. The van der Waals surface area contributed by atoms with Crippen molar-refractivity contribution in [1.82, 2.24) is 4.98 Å². The summed E-state index contributed by atoms with van der Waals surface area (Å²) in [5.74, 6) is -0.252. The van der Waals surface area contributed by atoms with Crippen LogP contribution in [0.3, 0.4) is 0 Å². The van der Waals surface area contributed by atoms with E-state index >= 15 is 0 Å². The molecule has 1 aromatic heterocycles. The number of aryl methyl sites for hydroxylation is 2. The highest BCUT2D eigenvalue weighted by molar-refractivity contribution is 7.14. The molecule has 1 N–H and O–H groups in total. The summed E-state index contributed by atoms with van der Waals surface area (Å²) < 4.78 is 0. The van der Waals surface area contributed by atoms with E-state index in [9.17, 15) is 4.79 Å². The van der Waals surface area contributed by atoms with E-state index in [1.165, 1.54) is 23.0 Å². The van der Waals surface area contributed by atoms with E-state index in [0.717, 1.165) is 22.4 Å². The number of carbonyl (C=O) groups is 1. The van der Waals surface area contributed by atoms with Gasteiger partial charge in [0.15, 0.2) is 5.13 Å². The number of nitrogens with one attached hydrogen (secondary N) is 1. The quantitative estimate of drug-likeness (QED) is 0.513. The maximum absolute atomic E-state index is 12.1. The summed E-state index contributed by atoms with van der Waals surface area (Å²) in [6.45, 7) is 4.10. The molecule has 0 unspecified atom stereocenters. The first-order chi connectivity index (χ1) is 12.4. The Morgan fingerprint density at radius 1 is 1.12 bits per heavy atom. The number of thiazole rings is 1. The van der Waals surface area contributed by atoms with Crippen LogP contribution >= 0.6 is 34.5 Å². The summed E-state index contributed by atoms with van der Waals surface area (Å²) in [5.41, 5.74) is 5.06. The summed E-state index contributed by atoms with van der Waals surface area (Å²) in [5, 5.41) is 6.22. The number of amides is 1. The van der Waals surface area contributed by atoms with Gasteiger partial charge < -0.3 is 0 Å². The van der Waals surface area contributed by atoms with E-state index in [4.69, 9.17) is 23.2 Å². The maximum atomic E-state index is 12.1. The number of carbonyl (C=O) groups excluding carboxylic acids is 1. The van der Waals surface area contributed by atoms with E-state index < -0.39 is 0 Å². The second-order valence-corrected chi connectivity index (χ2v) is 7.52. The fourth-order valence-electron chi connectivity index (χ4n) is 2.40. The molecule has 0 aliphatic carbocycles. The van der Waals surface area contributed by atoms with Gasteiger partial charge in [-0.2, -0.15) is 0 Å². The van der Waals surface area contributed by atoms with Crippen molar-refractivity contribution in [2.75, 3.05) is 5.32 Å². The van der Waals surface area contributed by atoms with Gasteiger partial charge in [0.05, 0.1) is 15.7 Å². The molecule has 6 heteroatoms. The molecule has 0 saturated carbocycles. The minimum atomic E-state index is -0.252. The highest BCUT2D eigenvalue weighted by Crippen LogP contribution is 2.28. The summed E-state index contributed by atoms with van der Waals surface area (Å²) in [6.07, 6.45) is 3.12. The van der Waals surface area contributed by atoms with Gasteiger partial charge in [-0.3, -0.25) is 10.1 Å². The second-order valence-electron chi connectivity index (χ2n) is 5.85. The lowest BCUT2D eigenvalue weighted by molar-refractivity contribution is -0.111. The van der Waals surface area contributed by atoms with Gasteiger partial charge >= 0.3 is 0 Å². The molecule has 0 fully saturated rings. The van der Waals surface area contributed by atoms with Crippen LogP contribution in [-0.2, 0) is 4.79 Å². The Bertz CT molecular complexity index is 995. The van der Waals surface area contributed by atoms with Gasteiger partial charge in [0, 0.05) is 17.0 Å². The smallest absolute Gasteiger partial charge is 0.250 e. The Morgan fingerprint density at radius 3 is 2.69 bits per heavy atom. The fraction of sp³-hybridized carbons (Fsp3) is 0.100. The van der Waals surface area contributed by atoms with Crippen LogP contribution < -0.4 is 5.32 Å². The normalized spacial score (nSPS) is 11.1. The van der Waals surface area contributed by atoms with Crippen molar-refractivity contribution < 1.29 is 4.79 Å². The van der Waals surface area contributed by atoms with Crippen LogP contribution in [0.2, 0.25) is 10.0 Å². The molecule has 3 rings (SSSR count). The van der Waals surface area contributed by atoms with Crippen molar-refractivity contribution in [3.63, 3.8) is 0 Å². The van der Waals surface area contributed by atoms with E-state index in [1.54, 1.807) is 24.3 Å². The van der Waals surface area contributed by atoms with Crippen LogP contribution in [0, 0.1) is 13.8 Å². The second kappa shape index (κ2) is 8.04. The van der Waals surface area contributed by atoms with Crippen molar-refractivity contribution in [3.05, 3.63) is 74.6 Å². The first-order valence-electron chi connectivity index (χ1n) is 7.89. The van der Waals surface area contributed by atoms with Crippen LogP contribution in [0.4, 0.5) is 5.13 Å². The van der Waals surface area contributed by atoms with Gasteiger partial charge in [-0.25, -0.2) is 4.98 Å². The SMILES string of the molecule is Cc1ccc(C)c(-c2csc(NC(=O)/C=C/c3ccc(Cl)c(Cl)c3)n2)c1. The lowest BCUT2D eigenvalue weighted by atomic mass is 10.0. The van der Waals surface area contributed by atoms with Crippen LogP contribution in [0.25, 0.3) is 17.3 Å². The predicted octanol–water partition coefficient (Wildman–Crippen LogP) is 6.39. The summed E-state index contributed by atoms with van der Waals surface area (Å²) >= 11 is 13.2. The molecule has 0 saturated heterocycles. The van der Waals surface area contributed by atoms with Crippen LogP contribution in [0.5, 0.6) is 0 Å². The van der Waals surface area contributed by atoms with Crippen molar-refractivity contribution in [2.24, 2.45) is 0 Å². The number of hydrogen-bond acceptors (Lipinski definition) is 3. The molecular weight excluding hydrogens is 387 g/mol. The number of anilines is 1. The minimum Gasteiger partial charge on any atom is -0.298 e. The molecule has 0 radical (unpaired) electrons. The van der Waals surface area contributed by atoms with Crippen molar-refractivity contribution in [3.8, 4) is 11.3 Å². The Labute approximate surface area is 166 Å². The minimum absolute atomic E-state index is 0.252. The Kier molecular flexibility index (Phi) is 5.77. The largest absolute Gasteiger partial charge is 0.298 e. The van der Waals surface area contributed by atoms with E-state index in [0.29, 0.717) is 15.2 Å². The standard InChI is InChI=1S/C20H16Cl2N2OS/c1-12-3-4-13(2)15(9-12)18-11-26-20(23-18)24-19(25)8-6-14-5-7-16(21)17(22)10-14/h3-11H,1-2H3,(H,23,24,25)/b8-6+. The average molecular weight is 403 g/mol. The van der Waals surface area contributed by atoms with Crippen molar-refractivity contribution in [1.29, 1.82) is 0 Å². The van der Waals surface area contributed by atoms with Gasteiger partial charge in [-0.15, -0.1) is 11.3 Å². The Hall–Kier alpha value is -2.14. The number of halogens is 2. The summed E-state index contributed by atoms with van der Waals surface area (Å²) in [7, 11) is 0. The highest BCUT2D eigenvalue weighted by atomic mass is 35.5. The maximum Gasteiger partial charge on any atom is 0.250 e.